The minimum Gasteiger partial charge on any atom is -0.379 e. The fourth-order valence-corrected chi connectivity index (χ4v) is 3.28. The predicted molar refractivity (Wildman–Crippen MR) is 88.6 cm³/mol. The van der Waals surface area contributed by atoms with Crippen LogP contribution in [0.2, 0.25) is 0 Å². The molecule has 0 saturated carbocycles. The number of nitrogens with zero attached hydrogens (tertiary/aromatic N) is 3. The molecule has 4 nitrogen and oxygen atoms in total. The van der Waals surface area contributed by atoms with E-state index < -0.39 is 0 Å². The minimum atomic E-state index is 0.884. The van der Waals surface area contributed by atoms with Gasteiger partial charge in [-0.2, -0.15) is 0 Å². The zero-order valence-corrected chi connectivity index (χ0v) is 13.6. The van der Waals surface area contributed by atoms with Crippen molar-refractivity contribution in [1.82, 2.24) is 14.5 Å². The van der Waals surface area contributed by atoms with Crippen molar-refractivity contribution in [2.75, 3.05) is 32.8 Å². The second-order valence-corrected chi connectivity index (χ2v) is 6.00. The van der Waals surface area contributed by atoms with E-state index in [1.54, 1.807) is 0 Å². The van der Waals surface area contributed by atoms with Gasteiger partial charge in [0, 0.05) is 30.7 Å². The van der Waals surface area contributed by atoms with Gasteiger partial charge in [0.25, 0.3) is 0 Å². The lowest BCUT2D eigenvalue weighted by molar-refractivity contribution is 0.0374. The van der Waals surface area contributed by atoms with Crippen LogP contribution in [0.5, 0.6) is 0 Å². The minimum absolute atomic E-state index is 0.884. The van der Waals surface area contributed by atoms with E-state index in [-0.39, 0.29) is 0 Å². The summed E-state index contributed by atoms with van der Waals surface area (Å²) in [6.45, 7) is 9.48. The van der Waals surface area contributed by atoms with Gasteiger partial charge < -0.3 is 9.30 Å². The number of pyridine rings is 1. The molecule has 22 heavy (non-hydrogen) atoms. The molecule has 1 saturated heterocycles. The van der Waals surface area contributed by atoms with Gasteiger partial charge in [0.2, 0.25) is 0 Å². The first-order valence-electron chi connectivity index (χ1n) is 8.14. The Morgan fingerprint density at radius 1 is 1.23 bits per heavy atom. The van der Waals surface area contributed by atoms with Crippen molar-refractivity contribution in [3.8, 4) is 5.69 Å². The summed E-state index contributed by atoms with van der Waals surface area (Å²) < 4.78 is 7.70. The molecule has 0 aromatic carbocycles. The standard InChI is InChI=1S/C18H25N3O/c1-15-13-17(5-4-8-20-9-11-22-12-10-20)16(2)21(15)18-6-3-7-19-14-18/h3,6-7,13-14H,4-5,8-12H2,1-2H3. The molecular weight excluding hydrogens is 274 g/mol. The summed E-state index contributed by atoms with van der Waals surface area (Å²) >= 11 is 0. The van der Waals surface area contributed by atoms with Crippen LogP contribution in [-0.4, -0.2) is 47.3 Å². The third-order valence-corrected chi connectivity index (χ3v) is 4.46. The molecule has 0 aliphatic carbocycles. The van der Waals surface area contributed by atoms with Gasteiger partial charge in [-0.1, -0.05) is 0 Å². The normalized spacial score (nSPS) is 16.1. The van der Waals surface area contributed by atoms with Crippen molar-refractivity contribution in [3.05, 3.63) is 47.5 Å². The average Bonchev–Trinajstić information content (AvgIpc) is 2.83. The van der Waals surface area contributed by atoms with E-state index in [9.17, 15) is 0 Å². The van der Waals surface area contributed by atoms with E-state index in [4.69, 9.17) is 4.74 Å². The predicted octanol–water partition coefficient (Wildman–Crippen LogP) is 2.75. The summed E-state index contributed by atoms with van der Waals surface area (Å²) in [7, 11) is 0. The van der Waals surface area contributed by atoms with Crippen LogP contribution in [0.15, 0.2) is 30.6 Å². The van der Waals surface area contributed by atoms with Gasteiger partial charge in [-0.15, -0.1) is 0 Å². The van der Waals surface area contributed by atoms with Crippen molar-refractivity contribution in [1.29, 1.82) is 0 Å². The third kappa shape index (κ3) is 3.39. The lowest BCUT2D eigenvalue weighted by Crippen LogP contribution is -2.36. The summed E-state index contributed by atoms with van der Waals surface area (Å²) in [6.07, 6.45) is 6.09. The number of ether oxygens (including phenoxy) is 1. The molecule has 0 unspecified atom stereocenters. The summed E-state index contributed by atoms with van der Waals surface area (Å²) in [5.74, 6) is 0. The molecule has 0 spiro atoms. The average molecular weight is 299 g/mol. The van der Waals surface area contributed by atoms with Crippen molar-refractivity contribution in [2.24, 2.45) is 0 Å². The van der Waals surface area contributed by atoms with E-state index in [1.807, 2.05) is 18.5 Å². The molecule has 1 aliphatic rings. The Bertz CT molecular complexity index is 600. The lowest BCUT2D eigenvalue weighted by Gasteiger charge is -2.26. The first-order chi connectivity index (χ1) is 10.8. The second-order valence-electron chi connectivity index (χ2n) is 6.00. The molecule has 3 heterocycles. The number of aromatic nitrogens is 2. The molecule has 2 aromatic rings. The summed E-state index contributed by atoms with van der Waals surface area (Å²) in [5, 5.41) is 0. The largest absolute Gasteiger partial charge is 0.379 e. The topological polar surface area (TPSA) is 30.3 Å². The highest BCUT2D eigenvalue weighted by Crippen LogP contribution is 2.21. The highest BCUT2D eigenvalue weighted by atomic mass is 16.5. The fourth-order valence-electron chi connectivity index (χ4n) is 3.28. The van der Waals surface area contributed by atoms with Crippen molar-refractivity contribution < 1.29 is 4.74 Å². The van der Waals surface area contributed by atoms with Crippen LogP contribution in [0.3, 0.4) is 0 Å². The van der Waals surface area contributed by atoms with Crippen LogP contribution in [0.25, 0.3) is 5.69 Å². The maximum Gasteiger partial charge on any atom is 0.0638 e. The maximum absolute atomic E-state index is 5.40. The zero-order valence-electron chi connectivity index (χ0n) is 13.6. The molecule has 3 rings (SSSR count). The summed E-state index contributed by atoms with van der Waals surface area (Å²) in [5.41, 5.74) is 5.23. The van der Waals surface area contributed by atoms with E-state index in [1.165, 1.54) is 29.9 Å². The van der Waals surface area contributed by atoms with Crippen molar-refractivity contribution in [2.45, 2.75) is 26.7 Å². The van der Waals surface area contributed by atoms with Gasteiger partial charge >= 0.3 is 0 Å². The monoisotopic (exact) mass is 299 g/mol. The Labute approximate surface area is 132 Å². The highest BCUT2D eigenvalue weighted by molar-refractivity contribution is 5.39. The maximum atomic E-state index is 5.40. The number of morpholine rings is 1. The molecule has 0 radical (unpaired) electrons. The van der Waals surface area contributed by atoms with Gasteiger partial charge in [-0.05, 0) is 57.0 Å². The number of rotatable bonds is 5. The molecule has 1 fully saturated rings. The molecule has 1 aliphatic heterocycles. The Balaban J connectivity index is 1.65. The number of hydrogen-bond donors (Lipinski definition) is 0. The van der Waals surface area contributed by atoms with E-state index in [0.29, 0.717) is 0 Å². The molecule has 0 bridgehead atoms. The molecule has 0 N–H and O–H groups in total. The summed E-state index contributed by atoms with van der Waals surface area (Å²) in [6, 6.07) is 6.43. The fraction of sp³-hybridized carbons (Fsp3) is 0.500. The quantitative estimate of drug-likeness (QED) is 0.850. The third-order valence-electron chi connectivity index (χ3n) is 4.46. The lowest BCUT2D eigenvalue weighted by atomic mass is 10.1. The van der Waals surface area contributed by atoms with Crippen LogP contribution >= 0.6 is 0 Å². The van der Waals surface area contributed by atoms with Gasteiger partial charge in [-0.25, -0.2) is 0 Å². The van der Waals surface area contributed by atoms with E-state index in [0.717, 1.165) is 38.4 Å². The molecule has 4 heteroatoms. The van der Waals surface area contributed by atoms with Gasteiger partial charge in [-0.3, -0.25) is 9.88 Å². The van der Waals surface area contributed by atoms with Crippen LogP contribution in [-0.2, 0) is 11.2 Å². The first kappa shape index (κ1) is 15.3. The first-order valence-corrected chi connectivity index (χ1v) is 8.14. The van der Waals surface area contributed by atoms with Crippen molar-refractivity contribution in [3.63, 3.8) is 0 Å². The Morgan fingerprint density at radius 3 is 2.77 bits per heavy atom. The van der Waals surface area contributed by atoms with Crippen molar-refractivity contribution >= 4 is 0 Å². The van der Waals surface area contributed by atoms with Crippen LogP contribution < -0.4 is 0 Å². The van der Waals surface area contributed by atoms with Gasteiger partial charge in [0.05, 0.1) is 25.1 Å². The van der Waals surface area contributed by atoms with Crippen LogP contribution in [0.1, 0.15) is 23.4 Å². The van der Waals surface area contributed by atoms with Crippen LogP contribution in [0.4, 0.5) is 0 Å². The summed E-state index contributed by atoms with van der Waals surface area (Å²) in [4.78, 5) is 6.74. The smallest absolute Gasteiger partial charge is 0.0638 e. The second kappa shape index (κ2) is 7.07. The van der Waals surface area contributed by atoms with E-state index in [2.05, 4.69) is 40.4 Å². The van der Waals surface area contributed by atoms with Gasteiger partial charge in [0.1, 0.15) is 0 Å². The molecule has 2 aromatic heterocycles. The molecule has 0 amide bonds. The van der Waals surface area contributed by atoms with Gasteiger partial charge in [0.15, 0.2) is 0 Å². The molecule has 118 valence electrons. The SMILES string of the molecule is Cc1cc(CCCN2CCOCC2)c(C)n1-c1cccnc1. The van der Waals surface area contributed by atoms with Crippen LogP contribution in [0, 0.1) is 13.8 Å². The molecule has 0 atom stereocenters. The number of aryl methyl sites for hydroxylation is 2. The Morgan fingerprint density at radius 2 is 2.05 bits per heavy atom. The Kier molecular flexibility index (Phi) is 4.90. The Hall–Kier alpha value is -1.65. The number of hydrogen-bond acceptors (Lipinski definition) is 3. The van der Waals surface area contributed by atoms with E-state index >= 15 is 0 Å². The highest BCUT2D eigenvalue weighted by Gasteiger charge is 2.13. The molecular formula is C18H25N3O. The zero-order chi connectivity index (χ0) is 15.4.